The quantitative estimate of drug-likeness (QED) is 0.153. The van der Waals surface area contributed by atoms with Gasteiger partial charge in [0.05, 0.1) is 5.41 Å². The van der Waals surface area contributed by atoms with Crippen LogP contribution in [-0.2, 0) is 5.41 Å². The maximum Gasteiger partial charge on any atom is 0.174 e. The van der Waals surface area contributed by atoms with Gasteiger partial charge in [0.25, 0.3) is 0 Å². The molecule has 0 radical (unpaired) electrons. The third kappa shape index (κ3) is 6.51. The Morgan fingerprint density at radius 2 is 1.23 bits per heavy atom. The zero-order valence-electron chi connectivity index (χ0n) is 33.3. The van der Waals surface area contributed by atoms with E-state index in [0.29, 0.717) is 0 Å². The molecule has 0 amide bonds. The predicted molar refractivity (Wildman–Crippen MR) is 253 cm³/mol. The molecule has 0 saturated heterocycles. The van der Waals surface area contributed by atoms with Crippen LogP contribution in [0.3, 0.4) is 0 Å². The summed E-state index contributed by atoms with van der Waals surface area (Å²) in [6.45, 7) is 0. The topological polar surface area (TPSA) is 18.5 Å². The fourth-order valence-corrected chi connectivity index (χ4v) is 10.3. The van der Waals surface area contributed by atoms with Crippen LogP contribution >= 0.6 is 0 Å². The number of allylic oxidation sites excluding steroid dienone is 9. The molecule has 61 heavy (non-hydrogen) atoms. The molecule has 4 atom stereocenters. The van der Waals surface area contributed by atoms with Gasteiger partial charge in [0.1, 0.15) is 0 Å². The van der Waals surface area contributed by atoms with Crippen molar-refractivity contribution in [2.75, 3.05) is 0 Å². The molecule has 1 heterocycles. The average molecular weight is 789 g/mol. The van der Waals surface area contributed by atoms with E-state index in [-0.39, 0.29) is 30.6 Å². The Balaban J connectivity index is 0.00000445. The van der Waals surface area contributed by atoms with Gasteiger partial charge in [-0.05, 0) is 86.7 Å². The van der Waals surface area contributed by atoms with Crippen molar-refractivity contribution in [3.8, 4) is 45.3 Å². The van der Waals surface area contributed by atoms with E-state index in [2.05, 4.69) is 225 Å². The monoisotopic (exact) mass is 788 g/mol. The van der Waals surface area contributed by atoms with Gasteiger partial charge in [0.2, 0.25) is 0 Å². The van der Waals surface area contributed by atoms with Gasteiger partial charge < -0.3 is 9.47 Å². The number of fused-ring (bicyclic) bond motifs is 6. The lowest BCUT2D eigenvalue weighted by atomic mass is 9.62. The Hall–Kier alpha value is -7.16. The van der Waals surface area contributed by atoms with Crippen LogP contribution in [0.25, 0.3) is 28.3 Å². The van der Waals surface area contributed by atoms with Crippen LogP contribution in [0, 0.1) is 5.92 Å². The molecule has 0 fully saturated rings. The Kier molecular flexibility index (Phi) is 10.1. The Bertz CT molecular complexity index is 2880. The summed E-state index contributed by atoms with van der Waals surface area (Å²) >= 11 is 0. The first-order valence-corrected chi connectivity index (χ1v) is 21.2. The SMILES string of the molecule is C.C1=CC2c3c(ccc4c3Oc3ccc(-c5ccccc5C(/C=C/c5ccccc5)c5ccccc5-c5ccccc5)cc3O4)C(C3=CCCC=C3)(c3ccccc3)C2C=C1. The van der Waals surface area contributed by atoms with Crippen LogP contribution in [0.15, 0.2) is 224 Å². The van der Waals surface area contributed by atoms with Gasteiger partial charge in [-0.2, -0.15) is 0 Å². The molecule has 2 nitrogen and oxygen atoms in total. The van der Waals surface area contributed by atoms with Gasteiger partial charge in [-0.1, -0.05) is 214 Å². The first-order chi connectivity index (χ1) is 29.8. The van der Waals surface area contributed by atoms with Crippen molar-refractivity contribution in [3.63, 3.8) is 0 Å². The lowest BCUT2D eigenvalue weighted by molar-refractivity contribution is 0.355. The minimum absolute atomic E-state index is 0. The summed E-state index contributed by atoms with van der Waals surface area (Å²) in [6, 6.07) is 60.8. The van der Waals surface area contributed by atoms with Gasteiger partial charge in [-0.25, -0.2) is 0 Å². The van der Waals surface area contributed by atoms with E-state index in [1.165, 1.54) is 50.1 Å². The maximum atomic E-state index is 7.04. The van der Waals surface area contributed by atoms with E-state index in [1.807, 2.05) is 0 Å². The van der Waals surface area contributed by atoms with Crippen LogP contribution in [0.1, 0.15) is 65.5 Å². The number of hydrogen-bond donors (Lipinski definition) is 0. The lowest BCUT2D eigenvalue weighted by Crippen LogP contribution is -2.35. The average Bonchev–Trinajstić information content (AvgIpc) is 3.64. The largest absolute Gasteiger partial charge is 0.449 e. The van der Waals surface area contributed by atoms with E-state index < -0.39 is 0 Å². The van der Waals surface area contributed by atoms with Crippen LogP contribution < -0.4 is 9.47 Å². The predicted octanol–water partition coefficient (Wildman–Crippen LogP) is 15.8. The van der Waals surface area contributed by atoms with E-state index in [0.717, 1.165) is 47.0 Å². The molecular formula is C59H48O2. The van der Waals surface area contributed by atoms with Gasteiger partial charge in [0, 0.05) is 23.3 Å². The van der Waals surface area contributed by atoms with Crippen LogP contribution in [0.5, 0.6) is 23.0 Å². The summed E-state index contributed by atoms with van der Waals surface area (Å²) in [6.07, 6.45) is 23.1. The Morgan fingerprint density at radius 3 is 1.97 bits per heavy atom. The fraction of sp³-hybridized carbons (Fsp3) is 0.119. The van der Waals surface area contributed by atoms with Crippen molar-refractivity contribution >= 4 is 6.08 Å². The third-order valence-corrected chi connectivity index (χ3v) is 12.9. The highest BCUT2D eigenvalue weighted by Crippen LogP contribution is 2.65. The molecule has 0 bridgehead atoms. The first-order valence-electron chi connectivity index (χ1n) is 21.2. The summed E-state index contributed by atoms with van der Waals surface area (Å²) in [5, 5.41) is 0. The molecule has 7 aromatic carbocycles. The highest BCUT2D eigenvalue weighted by atomic mass is 16.6. The first kappa shape index (κ1) is 38.1. The molecule has 1 aliphatic heterocycles. The maximum absolute atomic E-state index is 7.04. The normalized spacial score (nSPS) is 19.6. The summed E-state index contributed by atoms with van der Waals surface area (Å²) in [4.78, 5) is 0. The zero-order chi connectivity index (χ0) is 39.9. The van der Waals surface area contributed by atoms with Gasteiger partial charge >= 0.3 is 0 Å². The molecule has 296 valence electrons. The lowest BCUT2D eigenvalue weighted by Gasteiger charge is -2.40. The highest BCUT2D eigenvalue weighted by molar-refractivity contribution is 5.78. The number of rotatable bonds is 8. The molecule has 4 unspecified atom stereocenters. The van der Waals surface area contributed by atoms with E-state index in [4.69, 9.17) is 9.47 Å². The second-order valence-electron chi connectivity index (χ2n) is 16.1. The number of ether oxygens (including phenoxy) is 2. The van der Waals surface area contributed by atoms with Crippen molar-refractivity contribution in [2.24, 2.45) is 5.92 Å². The van der Waals surface area contributed by atoms with E-state index in [1.54, 1.807) is 0 Å². The fourth-order valence-electron chi connectivity index (χ4n) is 10.3. The molecule has 0 spiro atoms. The minimum atomic E-state index is -0.351. The van der Waals surface area contributed by atoms with Crippen LogP contribution in [0.4, 0.5) is 0 Å². The molecule has 0 N–H and O–H groups in total. The van der Waals surface area contributed by atoms with Crippen molar-refractivity contribution in [3.05, 3.63) is 257 Å². The van der Waals surface area contributed by atoms with Gasteiger partial charge in [0.15, 0.2) is 23.0 Å². The summed E-state index contributed by atoms with van der Waals surface area (Å²) < 4.78 is 14.0. The zero-order valence-corrected chi connectivity index (χ0v) is 33.3. The summed E-state index contributed by atoms with van der Waals surface area (Å²) in [5.41, 5.74) is 13.1. The molecule has 4 aliphatic rings. The second-order valence-corrected chi connectivity index (χ2v) is 16.1. The molecule has 0 aromatic heterocycles. The molecule has 7 aromatic rings. The van der Waals surface area contributed by atoms with E-state index >= 15 is 0 Å². The Morgan fingerprint density at radius 1 is 0.574 bits per heavy atom. The summed E-state index contributed by atoms with van der Waals surface area (Å²) in [7, 11) is 0. The van der Waals surface area contributed by atoms with Gasteiger partial charge in [-0.15, -0.1) is 0 Å². The second kappa shape index (κ2) is 16.1. The minimum Gasteiger partial charge on any atom is -0.449 e. The van der Waals surface area contributed by atoms with E-state index in [9.17, 15) is 0 Å². The Labute approximate surface area is 360 Å². The van der Waals surface area contributed by atoms with Crippen molar-refractivity contribution in [1.29, 1.82) is 0 Å². The van der Waals surface area contributed by atoms with Crippen LogP contribution in [0.2, 0.25) is 0 Å². The van der Waals surface area contributed by atoms with Crippen molar-refractivity contribution < 1.29 is 9.47 Å². The highest BCUT2D eigenvalue weighted by Gasteiger charge is 2.55. The smallest absolute Gasteiger partial charge is 0.174 e. The molecule has 0 saturated carbocycles. The standard InChI is InChI=1S/C58H44O2.CH4/c1-5-19-40(20-6-1)33-35-49(47-29-15-13-27-45(47)41-21-7-2-8-22-41)48-30-16-14-28-46(48)42-34-37-53-55(39-42)59-54-38-36-52-56(57(54)60-53)50-31-17-18-32-51(50)58(52,43-23-9-3-10-24-43)44-25-11-4-12-26-44;/h1-3,5-11,13-39,49-51H,4,12H2;1H4/b35-33+;. The third-order valence-electron chi connectivity index (χ3n) is 12.9. The molecule has 3 aliphatic carbocycles. The molecular weight excluding hydrogens is 741 g/mol. The summed E-state index contributed by atoms with van der Waals surface area (Å²) in [5.74, 6) is 3.33. The van der Waals surface area contributed by atoms with Crippen molar-refractivity contribution in [1.82, 2.24) is 0 Å². The molecule has 11 rings (SSSR count). The number of benzene rings is 7. The van der Waals surface area contributed by atoms with Crippen LogP contribution in [-0.4, -0.2) is 0 Å². The van der Waals surface area contributed by atoms with Crippen molar-refractivity contribution in [2.45, 2.75) is 37.5 Å². The van der Waals surface area contributed by atoms with Gasteiger partial charge in [-0.3, -0.25) is 0 Å². The number of hydrogen-bond acceptors (Lipinski definition) is 2. The molecule has 2 heteroatoms.